The topological polar surface area (TPSA) is 98.0 Å². The van der Waals surface area contributed by atoms with Crippen molar-refractivity contribution in [3.05, 3.63) is 72.6 Å². The molecule has 2 saturated heterocycles. The minimum absolute atomic E-state index is 0.0381. The fourth-order valence-electron chi connectivity index (χ4n) is 6.84. The summed E-state index contributed by atoms with van der Waals surface area (Å²) in [4.78, 5) is 45.8. The number of nitrogens with zero attached hydrogens (tertiary/aromatic N) is 4. The number of carbonyl (C=O) groups excluding carboxylic acids is 2. The summed E-state index contributed by atoms with van der Waals surface area (Å²) < 4.78 is 0. The van der Waals surface area contributed by atoms with Gasteiger partial charge < -0.3 is 19.8 Å². The minimum Gasteiger partial charge on any atom is -0.340 e. The Balaban J connectivity index is 1.16. The second-order valence-corrected chi connectivity index (χ2v) is 13.0. The Bertz CT molecular complexity index is 1460. The predicted molar refractivity (Wildman–Crippen MR) is 173 cm³/mol. The van der Waals surface area contributed by atoms with E-state index in [9.17, 15) is 9.59 Å². The number of rotatable bonds is 9. The average Bonchev–Trinajstić information content (AvgIpc) is 3.70. The molecule has 44 heavy (non-hydrogen) atoms. The van der Waals surface area contributed by atoms with Crippen LogP contribution in [-0.2, 0) is 9.59 Å². The van der Waals surface area contributed by atoms with Crippen molar-refractivity contribution < 1.29 is 9.59 Å². The van der Waals surface area contributed by atoms with Gasteiger partial charge in [0.2, 0.25) is 11.8 Å². The molecule has 0 radical (unpaired) electrons. The molecule has 2 amide bonds. The van der Waals surface area contributed by atoms with E-state index in [1.165, 1.54) is 0 Å². The van der Waals surface area contributed by atoms with Gasteiger partial charge in [-0.2, -0.15) is 0 Å². The number of aromatic amines is 2. The van der Waals surface area contributed by atoms with Crippen LogP contribution in [0.5, 0.6) is 0 Å². The number of piperidine rings is 2. The first-order valence-electron chi connectivity index (χ1n) is 16.2. The van der Waals surface area contributed by atoms with Gasteiger partial charge in [-0.1, -0.05) is 76.2 Å². The van der Waals surface area contributed by atoms with Crippen LogP contribution >= 0.6 is 0 Å². The first-order valence-corrected chi connectivity index (χ1v) is 16.2. The number of hydrogen-bond acceptors (Lipinski definition) is 4. The van der Waals surface area contributed by atoms with E-state index < -0.39 is 0 Å². The molecule has 2 fully saturated rings. The monoisotopic (exact) mass is 592 g/mol. The molecular formula is C36H44N6O2. The number of likely N-dealkylation sites (tertiary alicyclic amines) is 2. The molecule has 2 aliphatic rings. The van der Waals surface area contributed by atoms with E-state index in [2.05, 4.69) is 86.2 Å². The van der Waals surface area contributed by atoms with E-state index in [1.54, 1.807) is 0 Å². The van der Waals surface area contributed by atoms with Crippen LogP contribution in [0.15, 0.2) is 60.9 Å². The van der Waals surface area contributed by atoms with Gasteiger partial charge in [-0.3, -0.25) is 9.59 Å². The maximum Gasteiger partial charge on any atom is 0.223 e. The lowest BCUT2D eigenvalue weighted by Gasteiger charge is -2.35. The van der Waals surface area contributed by atoms with Crippen molar-refractivity contribution in [3.8, 4) is 33.6 Å². The van der Waals surface area contributed by atoms with E-state index in [-0.39, 0.29) is 35.7 Å². The number of imidazole rings is 2. The van der Waals surface area contributed by atoms with Gasteiger partial charge in [0.1, 0.15) is 11.6 Å². The molecule has 8 heteroatoms. The average molecular weight is 593 g/mol. The van der Waals surface area contributed by atoms with Gasteiger partial charge in [0, 0.05) is 25.9 Å². The van der Waals surface area contributed by atoms with Crippen LogP contribution in [0.3, 0.4) is 0 Å². The van der Waals surface area contributed by atoms with Crippen molar-refractivity contribution in [1.29, 1.82) is 0 Å². The molecule has 0 bridgehead atoms. The first-order chi connectivity index (χ1) is 21.3. The number of hydrogen-bond donors (Lipinski definition) is 2. The SMILES string of the molecule is CC(C)[C@@H](c1ncc(-c2ccc(-c3ccc(-c4cnc([C@H](C(C)C)N5CCCCC5=O)[nH]4)cc3)cc2)[nH]1)N1CCCCC1=O. The highest BCUT2D eigenvalue weighted by Crippen LogP contribution is 2.34. The molecule has 2 aromatic heterocycles. The minimum atomic E-state index is -0.0381. The Kier molecular flexibility index (Phi) is 8.69. The zero-order valence-corrected chi connectivity index (χ0v) is 26.3. The van der Waals surface area contributed by atoms with Crippen molar-refractivity contribution in [1.82, 2.24) is 29.7 Å². The van der Waals surface area contributed by atoms with Crippen LogP contribution in [0.4, 0.5) is 0 Å². The number of benzene rings is 2. The quantitative estimate of drug-likeness (QED) is 0.210. The zero-order valence-electron chi connectivity index (χ0n) is 26.3. The van der Waals surface area contributed by atoms with Crippen molar-refractivity contribution in [2.45, 2.75) is 78.3 Å². The predicted octanol–water partition coefficient (Wildman–Crippen LogP) is 7.55. The summed E-state index contributed by atoms with van der Waals surface area (Å²) in [5, 5.41) is 0. The molecule has 230 valence electrons. The molecule has 0 spiro atoms. The molecule has 4 heterocycles. The summed E-state index contributed by atoms with van der Waals surface area (Å²) in [6.07, 6.45) is 9.07. The van der Waals surface area contributed by atoms with Crippen LogP contribution in [0.1, 0.15) is 90.0 Å². The third kappa shape index (κ3) is 6.07. The normalized spacial score (nSPS) is 17.5. The Hall–Kier alpha value is -4.20. The second kappa shape index (κ2) is 12.8. The van der Waals surface area contributed by atoms with Crippen molar-refractivity contribution in [3.63, 3.8) is 0 Å². The molecule has 0 saturated carbocycles. The van der Waals surface area contributed by atoms with E-state index in [1.807, 2.05) is 22.2 Å². The Morgan fingerprint density at radius 1 is 0.568 bits per heavy atom. The van der Waals surface area contributed by atoms with Gasteiger partial charge >= 0.3 is 0 Å². The number of aromatic nitrogens is 4. The molecule has 2 N–H and O–H groups in total. The zero-order chi connectivity index (χ0) is 30.8. The van der Waals surface area contributed by atoms with Crippen LogP contribution < -0.4 is 0 Å². The third-order valence-corrected chi connectivity index (χ3v) is 9.13. The molecule has 2 aromatic carbocycles. The van der Waals surface area contributed by atoms with Gasteiger partial charge in [-0.15, -0.1) is 0 Å². The van der Waals surface area contributed by atoms with E-state index in [0.29, 0.717) is 12.8 Å². The maximum absolute atomic E-state index is 12.7. The highest BCUT2D eigenvalue weighted by molar-refractivity contribution is 5.78. The Morgan fingerprint density at radius 2 is 0.932 bits per heavy atom. The van der Waals surface area contributed by atoms with E-state index in [4.69, 9.17) is 9.97 Å². The molecule has 2 aliphatic heterocycles. The third-order valence-electron chi connectivity index (χ3n) is 9.13. The fraction of sp³-hybridized carbons (Fsp3) is 0.444. The summed E-state index contributed by atoms with van der Waals surface area (Å²) in [5.41, 5.74) is 6.30. The van der Waals surface area contributed by atoms with Crippen LogP contribution in [0.25, 0.3) is 33.6 Å². The summed E-state index contributed by atoms with van der Waals surface area (Å²) in [7, 11) is 0. The number of nitrogens with one attached hydrogen (secondary N) is 2. The molecular weight excluding hydrogens is 548 g/mol. The second-order valence-electron chi connectivity index (χ2n) is 13.0. The molecule has 0 unspecified atom stereocenters. The number of carbonyl (C=O) groups is 2. The van der Waals surface area contributed by atoms with Gasteiger partial charge in [0.15, 0.2) is 0 Å². The van der Waals surface area contributed by atoms with Crippen molar-refractivity contribution in [2.75, 3.05) is 13.1 Å². The van der Waals surface area contributed by atoms with E-state index >= 15 is 0 Å². The lowest BCUT2D eigenvalue weighted by molar-refractivity contribution is -0.138. The van der Waals surface area contributed by atoms with Crippen LogP contribution in [0, 0.1) is 11.8 Å². The standard InChI is InChI=1S/C36H44N6O2/c1-23(2)33(41-19-7-5-9-31(41)43)35-37-21-29(39-35)27-15-11-25(12-16-27)26-13-17-28(18-14-26)30-22-38-36(40-30)34(24(3)4)42-20-8-6-10-32(42)44/h11-18,21-24,33-34H,5-10,19-20H2,1-4H3,(H,37,39)(H,38,40)/t33-,34-/m0/s1. The lowest BCUT2D eigenvalue weighted by Crippen LogP contribution is -2.41. The molecule has 6 rings (SSSR count). The summed E-state index contributed by atoms with van der Waals surface area (Å²) in [6, 6.07) is 16.9. The first kappa shape index (κ1) is 29.9. The summed E-state index contributed by atoms with van der Waals surface area (Å²) in [6.45, 7) is 10.2. The highest BCUT2D eigenvalue weighted by atomic mass is 16.2. The van der Waals surface area contributed by atoms with Gasteiger partial charge in [-0.25, -0.2) is 9.97 Å². The van der Waals surface area contributed by atoms with Gasteiger partial charge in [0.25, 0.3) is 0 Å². The smallest absolute Gasteiger partial charge is 0.223 e. The lowest BCUT2D eigenvalue weighted by atomic mass is 9.98. The Labute approximate surface area is 260 Å². The largest absolute Gasteiger partial charge is 0.340 e. The van der Waals surface area contributed by atoms with E-state index in [0.717, 1.165) is 84.1 Å². The van der Waals surface area contributed by atoms with Gasteiger partial charge in [0.05, 0.1) is 35.9 Å². The Morgan fingerprint density at radius 3 is 1.27 bits per heavy atom. The fourth-order valence-corrected chi connectivity index (χ4v) is 6.84. The number of amides is 2. The van der Waals surface area contributed by atoms with Crippen LogP contribution in [-0.4, -0.2) is 54.6 Å². The summed E-state index contributed by atoms with van der Waals surface area (Å²) in [5.74, 6) is 2.70. The summed E-state index contributed by atoms with van der Waals surface area (Å²) >= 11 is 0. The molecule has 0 aliphatic carbocycles. The van der Waals surface area contributed by atoms with Crippen molar-refractivity contribution in [2.24, 2.45) is 11.8 Å². The van der Waals surface area contributed by atoms with Crippen molar-refractivity contribution >= 4 is 11.8 Å². The van der Waals surface area contributed by atoms with Crippen LogP contribution in [0.2, 0.25) is 0 Å². The molecule has 2 atom stereocenters. The molecule has 4 aromatic rings. The maximum atomic E-state index is 12.7. The molecule has 8 nitrogen and oxygen atoms in total. The highest BCUT2D eigenvalue weighted by Gasteiger charge is 2.32. The van der Waals surface area contributed by atoms with Gasteiger partial charge in [-0.05, 0) is 59.8 Å². The number of H-pyrrole nitrogens is 2.